The Kier molecular flexibility index (Phi) is 4.91. The number of nitro benzene ring substituents is 1. The van der Waals surface area contributed by atoms with Gasteiger partial charge in [-0.1, -0.05) is 11.8 Å². The zero-order chi connectivity index (χ0) is 19.0. The summed E-state index contributed by atoms with van der Waals surface area (Å²) < 4.78 is 0. The number of carboxylic acids is 1. The third kappa shape index (κ3) is 3.53. The first-order chi connectivity index (χ1) is 12.3. The second-order valence-electron chi connectivity index (χ2n) is 5.80. The summed E-state index contributed by atoms with van der Waals surface area (Å²) in [5.74, 6) is -1.02. The molecule has 3 unspecified atom stereocenters. The Hall–Kier alpha value is -2.54. The highest BCUT2D eigenvalue weighted by Gasteiger charge is 2.31. The number of carbonyl (C=O) groups is 1. The molecule has 2 heterocycles. The van der Waals surface area contributed by atoms with E-state index in [1.807, 2.05) is 0 Å². The highest BCUT2D eigenvalue weighted by molar-refractivity contribution is 8.02. The fourth-order valence-electron chi connectivity index (χ4n) is 2.79. The Morgan fingerprint density at radius 1 is 1.35 bits per heavy atom. The summed E-state index contributed by atoms with van der Waals surface area (Å²) in [5, 5.41) is 46.7. The minimum atomic E-state index is -1.33. The molecule has 0 spiro atoms. The fourth-order valence-corrected chi connectivity index (χ4v) is 3.66. The van der Waals surface area contributed by atoms with Crippen molar-refractivity contribution < 1.29 is 25.0 Å². The molecule has 140 valence electrons. The number of aliphatic hydroxyl groups is 2. The summed E-state index contributed by atoms with van der Waals surface area (Å²) in [6, 6.07) is 2.57. The second-order valence-corrected chi connectivity index (χ2v) is 6.79. The first-order valence-electron chi connectivity index (χ1n) is 7.55. The quantitative estimate of drug-likeness (QED) is 0.302. The number of aliphatic carboxylic acids is 1. The van der Waals surface area contributed by atoms with Crippen LogP contribution in [0.1, 0.15) is 12.0 Å². The van der Waals surface area contributed by atoms with E-state index in [1.165, 1.54) is 23.9 Å². The predicted octanol–water partition coefficient (Wildman–Crippen LogP) is 0.176. The minimum Gasteiger partial charge on any atom is -0.481 e. The average molecular weight is 383 g/mol. The van der Waals surface area contributed by atoms with Gasteiger partial charge in [0.05, 0.1) is 22.7 Å². The number of nitrogens with zero attached hydrogens (tertiary/aromatic N) is 2. The van der Waals surface area contributed by atoms with Crippen LogP contribution >= 0.6 is 11.8 Å². The van der Waals surface area contributed by atoms with E-state index >= 15 is 0 Å². The van der Waals surface area contributed by atoms with E-state index in [9.17, 15) is 25.1 Å². The molecule has 0 bridgehead atoms. The summed E-state index contributed by atoms with van der Waals surface area (Å²) in [5.41, 5.74) is 6.82. The van der Waals surface area contributed by atoms with Crippen molar-refractivity contribution in [1.82, 2.24) is 4.90 Å². The number of anilines is 2. The number of benzene rings is 1. The lowest BCUT2D eigenvalue weighted by Gasteiger charge is -2.33. The normalized spacial score (nSPS) is 24.3. The number of fused-ring (bicyclic) bond motifs is 1. The van der Waals surface area contributed by atoms with Crippen LogP contribution in [0.15, 0.2) is 23.2 Å². The third-order valence-electron chi connectivity index (χ3n) is 4.00. The van der Waals surface area contributed by atoms with Gasteiger partial charge >= 0.3 is 5.97 Å². The molecule has 26 heavy (non-hydrogen) atoms. The molecule has 0 aromatic heterocycles. The number of nitro groups is 1. The van der Waals surface area contributed by atoms with Crippen molar-refractivity contribution in [2.75, 3.05) is 10.6 Å². The molecule has 11 nitrogen and oxygen atoms in total. The minimum absolute atomic E-state index is 0.0921. The van der Waals surface area contributed by atoms with E-state index in [1.54, 1.807) is 10.3 Å². The highest BCUT2D eigenvalue weighted by Crippen LogP contribution is 2.38. The number of hydrogen-bond acceptors (Lipinski definition) is 10. The van der Waals surface area contributed by atoms with Gasteiger partial charge in [0.15, 0.2) is 12.5 Å². The van der Waals surface area contributed by atoms with E-state index in [0.717, 1.165) is 0 Å². The van der Waals surface area contributed by atoms with Gasteiger partial charge in [-0.15, -0.1) is 0 Å². The van der Waals surface area contributed by atoms with Gasteiger partial charge in [0, 0.05) is 29.9 Å². The summed E-state index contributed by atoms with van der Waals surface area (Å²) in [4.78, 5) is 23.3. The van der Waals surface area contributed by atoms with E-state index in [0.29, 0.717) is 16.9 Å². The van der Waals surface area contributed by atoms with E-state index in [4.69, 9.17) is 10.8 Å². The molecule has 0 saturated heterocycles. The molecular weight excluding hydrogens is 366 g/mol. The predicted molar refractivity (Wildman–Crippen MR) is 93.8 cm³/mol. The topological polar surface area (TPSA) is 174 Å². The molecular formula is C14H17N5O6S. The van der Waals surface area contributed by atoms with Gasteiger partial charge in [-0.2, -0.15) is 0 Å². The maximum Gasteiger partial charge on any atom is 0.309 e. The molecule has 0 saturated carbocycles. The summed E-state index contributed by atoms with van der Waals surface area (Å²) >= 11 is 1.24. The van der Waals surface area contributed by atoms with Gasteiger partial charge in [-0.3, -0.25) is 14.9 Å². The molecule has 1 aromatic carbocycles. The Morgan fingerprint density at radius 3 is 2.69 bits per heavy atom. The summed E-state index contributed by atoms with van der Waals surface area (Å²) in [6.45, 7) is 0.0921. The number of rotatable bonds is 5. The Morgan fingerprint density at radius 2 is 2.04 bits per heavy atom. The van der Waals surface area contributed by atoms with Crippen molar-refractivity contribution in [2.24, 2.45) is 5.73 Å². The lowest BCUT2D eigenvalue weighted by atomic mass is 10.1. The van der Waals surface area contributed by atoms with Crippen molar-refractivity contribution in [2.45, 2.75) is 30.9 Å². The molecule has 2 aliphatic rings. The molecule has 1 aromatic rings. The molecule has 2 aliphatic heterocycles. The van der Waals surface area contributed by atoms with Crippen molar-refractivity contribution >= 4 is 34.8 Å². The molecule has 0 fully saturated rings. The monoisotopic (exact) mass is 383 g/mol. The number of thioether (sulfide) groups is 1. The van der Waals surface area contributed by atoms with Crippen molar-refractivity contribution in [1.29, 1.82) is 0 Å². The van der Waals surface area contributed by atoms with Crippen LogP contribution in [-0.2, 0) is 11.3 Å². The lowest BCUT2D eigenvalue weighted by Crippen LogP contribution is -2.43. The van der Waals surface area contributed by atoms with E-state index in [-0.39, 0.29) is 24.3 Å². The number of nitrogens with one attached hydrogen (secondary N) is 2. The number of non-ortho nitro benzene ring substituents is 1. The van der Waals surface area contributed by atoms with E-state index in [2.05, 4.69) is 10.6 Å². The highest BCUT2D eigenvalue weighted by atomic mass is 32.2. The number of carboxylic acid groups (broad SMARTS) is 1. The molecule has 3 atom stereocenters. The zero-order valence-electron chi connectivity index (χ0n) is 13.3. The molecule has 3 rings (SSSR count). The second kappa shape index (κ2) is 6.99. The van der Waals surface area contributed by atoms with Gasteiger partial charge in [0.1, 0.15) is 5.50 Å². The van der Waals surface area contributed by atoms with Gasteiger partial charge in [0.2, 0.25) is 0 Å². The average Bonchev–Trinajstić information content (AvgIpc) is 2.88. The standard InChI is InChI=1S/C14H17N5O6S/c15-14-18(8(5-26-14)3-10(20)21)4-6-1-7(19(24)25)2-9-11(6)17-13(23)12(22)16-9/h1-2,5,12-14,16-17,22-23H,3-4,15H2,(H,20,21). The first-order valence-corrected chi connectivity index (χ1v) is 8.49. The SMILES string of the molecule is NC1SC=C(CC(=O)O)N1Cc1cc([N+](=O)[O-])cc2c1NC(O)C(O)N2. The van der Waals surface area contributed by atoms with Crippen LogP contribution in [0, 0.1) is 10.1 Å². The van der Waals surface area contributed by atoms with Gasteiger partial charge in [-0.05, 0) is 5.41 Å². The van der Waals surface area contributed by atoms with Gasteiger partial charge in [0.25, 0.3) is 5.69 Å². The van der Waals surface area contributed by atoms with Crippen LogP contribution in [-0.4, -0.2) is 49.1 Å². The number of hydrogen-bond donors (Lipinski definition) is 6. The molecule has 0 radical (unpaired) electrons. The Labute approximate surface area is 151 Å². The van der Waals surface area contributed by atoms with Crippen LogP contribution in [0.4, 0.5) is 17.1 Å². The Bertz CT molecular complexity index is 787. The van der Waals surface area contributed by atoms with Crippen LogP contribution < -0.4 is 16.4 Å². The molecule has 12 heteroatoms. The Balaban J connectivity index is 1.97. The smallest absolute Gasteiger partial charge is 0.309 e. The fraction of sp³-hybridized carbons (Fsp3) is 0.357. The molecule has 7 N–H and O–H groups in total. The lowest BCUT2D eigenvalue weighted by molar-refractivity contribution is -0.384. The van der Waals surface area contributed by atoms with Crippen molar-refractivity contribution in [3.05, 3.63) is 38.9 Å². The zero-order valence-corrected chi connectivity index (χ0v) is 14.1. The van der Waals surface area contributed by atoms with Gasteiger partial charge < -0.3 is 36.6 Å². The van der Waals surface area contributed by atoms with Crippen LogP contribution in [0.3, 0.4) is 0 Å². The number of aliphatic hydroxyl groups excluding tert-OH is 2. The number of nitrogens with two attached hydrogens (primary N) is 1. The van der Waals surface area contributed by atoms with Crippen molar-refractivity contribution in [3.8, 4) is 0 Å². The van der Waals surface area contributed by atoms with Gasteiger partial charge in [-0.25, -0.2) is 0 Å². The summed E-state index contributed by atoms with van der Waals surface area (Å²) in [7, 11) is 0. The van der Waals surface area contributed by atoms with Crippen LogP contribution in [0.2, 0.25) is 0 Å². The maximum atomic E-state index is 11.2. The van der Waals surface area contributed by atoms with E-state index < -0.39 is 28.8 Å². The maximum absolute atomic E-state index is 11.2. The largest absolute Gasteiger partial charge is 0.481 e. The molecule has 0 amide bonds. The molecule has 0 aliphatic carbocycles. The van der Waals surface area contributed by atoms with Crippen LogP contribution in [0.25, 0.3) is 0 Å². The van der Waals surface area contributed by atoms with Crippen molar-refractivity contribution in [3.63, 3.8) is 0 Å². The third-order valence-corrected chi connectivity index (χ3v) is 4.94. The van der Waals surface area contributed by atoms with Crippen LogP contribution in [0.5, 0.6) is 0 Å². The first kappa shape index (κ1) is 18.3. The summed E-state index contributed by atoms with van der Waals surface area (Å²) in [6.07, 6.45) is -2.87.